The van der Waals surface area contributed by atoms with Gasteiger partial charge in [0.1, 0.15) is 0 Å². The van der Waals surface area contributed by atoms with Crippen molar-refractivity contribution in [3.05, 3.63) is 46.0 Å². The first-order valence-corrected chi connectivity index (χ1v) is 7.34. The number of nitro groups is 1. The van der Waals surface area contributed by atoms with Gasteiger partial charge in [-0.15, -0.1) is 0 Å². The molecule has 0 atom stereocenters. The van der Waals surface area contributed by atoms with Crippen LogP contribution in [0.5, 0.6) is 0 Å². The Balaban J connectivity index is 2.28. The zero-order chi connectivity index (χ0) is 15.5. The molecule has 0 unspecified atom stereocenters. The van der Waals surface area contributed by atoms with Gasteiger partial charge in [0.15, 0.2) is 0 Å². The molecule has 1 aromatic rings. The molecule has 0 aliphatic heterocycles. The third kappa shape index (κ3) is 7.25. The molecule has 5 heteroatoms. The minimum Gasteiger partial charge on any atom is -0.353 e. The normalized spacial score (nSPS) is 10.7. The van der Waals surface area contributed by atoms with E-state index in [4.69, 9.17) is 0 Å². The predicted molar refractivity (Wildman–Crippen MR) is 83.9 cm³/mol. The smallest absolute Gasteiger partial charge is 0.269 e. The van der Waals surface area contributed by atoms with Crippen LogP contribution in [0.3, 0.4) is 0 Å². The fraction of sp³-hybridized carbons (Fsp3) is 0.438. The van der Waals surface area contributed by atoms with E-state index in [9.17, 15) is 14.9 Å². The van der Waals surface area contributed by atoms with Gasteiger partial charge >= 0.3 is 0 Å². The molecule has 1 amide bonds. The summed E-state index contributed by atoms with van der Waals surface area (Å²) in [7, 11) is 0. The zero-order valence-corrected chi connectivity index (χ0v) is 12.4. The summed E-state index contributed by atoms with van der Waals surface area (Å²) in [4.78, 5) is 21.6. The van der Waals surface area contributed by atoms with Gasteiger partial charge in [0.25, 0.3) is 5.69 Å². The van der Waals surface area contributed by atoms with E-state index in [1.807, 2.05) is 0 Å². The molecule has 5 nitrogen and oxygen atoms in total. The van der Waals surface area contributed by atoms with E-state index in [1.54, 1.807) is 18.2 Å². The largest absolute Gasteiger partial charge is 0.353 e. The molecule has 0 bridgehead atoms. The van der Waals surface area contributed by atoms with Crippen LogP contribution >= 0.6 is 0 Å². The Labute approximate surface area is 125 Å². The molecule has 1 rings (SSSR count). The highest BCUT2D eigenvalue weighted by Gasteiger charge is 2.02. The summed E-state index contributed by atoms with van der Waals surface area (Å²) in [5, 5.41) is 13.3. The minimum atomic E-state index is -0.446. The highest BCUT2D eigenvalue weighted by atomic mass is 16.6. The van der Waals surface area contributed by atoms with Crippen LogP contribution < -0.4 is 5.32 Å². The van der Waals surface area contributed by atoms with Crippen molar-refractivity contribution in [3.8, 4) is 0 Å². The van der Waals surface area contributed by atoms with Crippen molar-refractivity contribution in [2.75, 3.05) is 6.54 Å². The van der Waals surface area contributed by atoms with Crippen molar-refractivity contribution < 1.29 is 9.72 Å². The van der Waals surface area contributed by atoms with Crippen molar-refractivity contribution in [3.63, 3.8) is 0 Å². The van der Waals surface area contributed by atoms with Gasteiger partial charge in [-0.3, -0.25) is 14.9 Å². The van der Waals surface area contributed by atoms with Gasteiger partial charge in [0.05, 0.1) is 4.92 Å². The molecule has 21 heavy (non-hydrogen) atoms. The summed E-state index contributed by atoms with van der Waals surface area (Å²) in [6, 6.07) is 6.08. The summed E-state index contributed by atoms with van der Waals surface area (Å²) < 4.78 is 0. The molecule has 0 aromatic heterocycles. The maximum Gasteiger partial charge on any atom is 0.269 e. The quantitative estimate of drug-likeness (QED) is 0.326. The molecule has 0 spiro atoms. The lowest BCUT2D eigenvalue weighted by Gasteiger charge is -2.01. The average molecular weight is 290 g/mol. The third-order valence-electron chi connectivity index (χ3n) is 3.11. The number of hydrogen-bond donors (Lipinski definition) is 1. The van der Waals surface area contributed by atoms with Crippen molar-refractivity contribution in [2.24, 2.45) is 0 Å². The van der Waals surface area contributed by atoms with E-state index in [2.05, 4.69) is 12.2 Å². The number of hydrogen-bond acceptors (Lipinski definition) is 3. The number of rotatable bonds is 9. The van der Waals surface area contributed by atoms with Crippen LogP contribution in [0.25, 0.3) is 6.08 Å². The first-order chi connectivity index (χ1) is 10.1. The van der Waals surface area contributed by atoms with E-state index >= 15 is 0 Å². The van der Waals surface area contributed by atoms with Gasteiger partial charge in [-0.25, -0.2) is 0 Å². The van der Waals surface area contributed by atoms with Crippen LogP contribution in [0.4, 0.5) is 5.69 Å². The zero-order valence-electron chi connectivity index (χ0n) is 12.4. The van der Waals surface area contributed by atoms with Crippen LogP contribution in [0, 0.1) is 10.1 Å². The standard InChI is InChI=1S/C16H22N2O3/c1-2-3-4-5-6-13-17-16(19)12-9-14-7-10-15(11-8-14)18(20)21/h7-12H,2-6,13H2,1H3,(H,17,19)/b12-9+. The summed E-state index contributed by atoms with van der Waals surface area (Å²) in [6.45, 7) is 2.86. The highest BCUT2D eigenvalue weighted by molar-refractivity contribution is 5.91. The van der Waals surface area contributed by atoms with Crippen LogP contribution in [0.1, 0.15) is 44.6 Å². The van der Waals surface area contributed by atoms with E-state index in [-0.39, 0.29) is 11.6 Å². The number of carbonyl (C=O) groups is 1. The van der Waals surface area contributed by atoms with Gasteiger partial charge in [-0.05, 0) is 30.2 Å². The molecule has 0 saturated heterocycles. The average Bonchev–Trinajstić information content (AvgIpc) is 2.49. The van der Waals surface area contributed by atoms with Crippen LogP contribution in [-0.4, -0.2) is 17.4 Å². The number of carbonyl (C=O) groups excluding carboxylic acids is 1. The molecule has 0 saturated carbocycles. The number of nitrogens with zero attached hydrogens (tertiary/aromatic N) is 1. The maximum atomic E-state index is 11.6. The van der Waals surface area contributed by atoms with Gasteiger partial charge in [0, 0.05) is 24.8 Å². The number of nitrogens with one attached hydrogen (secondary N) is 1. The lowest BCUT2D eigenvalue weighted by Crippen LogP contribution is -2.21. The molecule has 0 radical (unpaired) electrons. The van der Waals surface area contributed by atoms with Crippen molar-refractivity contribution in [1.82, 2.24) is 5.32 Å². The molecule has 114 valence electrons. The molecule has 1 aromatic carbocycles. The first-order valence-electron chi connectivity index (χ1n) is 7.34. The second-order valence-corrected chi connectivity index (χ2v) is 4.89. The highest BCUT2D eigenvalue weighted by Crippen LogP contribution is 2.12. The molecular formula is C16H22N2O3. The number of unbranched alkanes of at least 4 members (excludes halogenated alkanes) is 4. The van der Waals surface area contributed by atoms with Crippen LogP contribution in [0.15, 0.2) is 30.3 Å². The number of amides is 1. The Morgan fingerprint density at radius 2 is 1.86 bits per heavy atom. The third-order valence-corrected chi connectivity index (χ3v) is 3.11. The molecule has 0 heterocycles. The van der Waals surface area contributed by atoms with Gasteiger partial charge in [-0.1, -0.05) is 32.6 Å². The Morgan fingerprint density at radius 1 is 1.19 bits per heavy atom. The van der Waals surface area contributed by atoms with Crippen LogP contribution in [-0.2, 0) is 4.79 Å². The molecule has 0 fully saturated rings. The summed E-state index contributed by atoms with van der Waals surface area (Å²) >= 11 is 0. The summed E-state index contributed by atoms with van der Waals surface area (Å²) in [5.74, 6) is -0.135. The first kappa shape index (κ1) is 16.9. The Hall–Kier alpha value is -2.17. The maximum absolute atomic E-state index is 11.6. The van der Waals surface area contributed by atoms with Crippen LogP contribution in [0.2, 0.25) is 0 Å². The van der Waals surface area contributed by atoms with E-state index in [0.717, 1.165) is 18.4 Å². The number of non-ortho nitro benzene ring substituents is 1. The predicted octanol–water partition coefficient (Wildman–Crippen LogP) is 3.69. The van der Waals surface area contributed by atoms with E-state index in [0.29, 0.717) is 6.54 Å². The number of benzene rings is 1. The van der Waals surface area contributed by atoms with E-state index < -0.39 is 4.92 Å². The lowest BCUT2D eigenvalue weighted by molar-refractivity contribution is -0.384. The van der Waals surface area contributed by atoms with Gasteiger partial charge in [0.2, 0.25) is 5.91 Å². The van der Waals surface area contributed by atoms with Gasteiger partial charge < -0.3 is 5.32 Å². The van der Waals surface area contributed by atoms with Crippen molar-refractivity contribution in [1.29, 1.82) is 0 Å². The second kappa shape index (κ2) is 9.69. The molecule has 0 aliphatic rings. The molecule has 1 N–H and O–H groups in total. The summed E-state index contributed by atoms with van der Waals surface area (Å²) in [5.41, 5.74) is 0.808. The Kier molecular flexibility index (Phi) is 7.79. The second-order valence-electron chi connectivity index (χ2n) is 4.89. The fourth-order valence-electron chi connectivity index (χ4n) is 1.88. The SMILES string of the molecule is CCCCCCCNC(=O)/C=C/c1ccc([N+](=O)[O-])cc1. The molecule has 0 aliphatic carbocycles. The Morgan fingerprint density at radius 3 is 2.48 bits per heavy atom. The van der Waals surface area contributed by atoms with Crippen molar-refractivity contribution >= 4 is 17.7 Å². The molecular weight excluding hydrogens is 268 g/mol. The minimum absolute atomic E-state index is 0.0451. The summed E-state index contributed by atoms with van der Waals surface area (Å²) in [6.07, 6.45) is 8.91. The van der Waals surface area contributed by atoms with Gasteiger partial charge in [-0.2, -0.15) is 0 Å². The fourth-order valence-corrected chi connectivity index (χ4v) is 1.88. The lowest BCUT2D eigenvalue weighted by atomic mass is 10.1. The monoisotopic (exact) mass is 290 g/mol. The van der Waals surface area contributed by atoms with E-state index in [1.165, 1.54) is 37.5 Å². The topological polar surface area (TPSA) is 72.2 Å². The Bertz CT molecular complexity index is 481. The van der Waals surface area contributed by atoms with Crippen molar-refractivity contribution in [2.45, 2.75) is 39.0 Å². The number of nitro benzene ring substituents is 1.